The largest absolute Gasteiger partial charge is 0.396 e. The molecule has 1 aromatic heterocycles. The van der Waals surface area contributed by atoms with E-state index in [4.69, 9.17) is 16.7 Å². The summed E-state index contributed by atoms with van der Waals surface area (Å²) in [6, 6.07) is 3.48. The average molecular weight is 258 g/mol. The number of carbonyl (C=O) groups is 1. The fourth-order valence-electron chi connectivity index (χ4n) is 1.25. The summed E-state index contributed by atoms with van der Waals surface area (Å²) in [6.07, 6.45) is 2.10. The van der Waals surface area contributed by atoms with E-state index in [1.807, 2.05) is 0 Å². The molecule has 0 aliphatic carbocycles. The highest BCUT2D eigenvalue weighted by Gasteiger charge is 2.07. The number of aromatic nitrogens is 1. The molecular formula is C11H16ClN3O2. The first-order valence-corrected chi connectivity index (χ1v) is 5.71. The Kier molecular flexibility index (Phi) is 5.72. The van der Waals surface area contributed by atoms with Crippen molar-refractivity contribution in [2.75, 3.05) is 31.6 Å². The number of nitrogens with zero attached hydrogens (tertiary/aromatic N) is 2. The van der Waals surface area contributed by atoms with Gasteiger partial charge in [-0.05, 0) is 18.6 Å². The summed E-state index contributed by atoms with van der Waals surface area (Å²) in [6.45, 7) is 0.784. The zero-order valence-corrected chi connectivity index (χ0v) is 10.4. The number of nitrogens with one attached hydrogen (secondary N) is 1. The summed E-state index contributed by atoms with van der Waals surface area (Å²) >= 11 is 5.72. The molecule has 0 bridgehead atoms. The fraction of sp³-hybridized carbons (Fsp3) is 0.455. The summed E-state index contributed by atoms with van der Waals surface area (Å²) in [5.74, 6) is 0.587. The molecule has 2 N–H and O–H groups in total. The molecule has 0 saturated heterocycles. The van der Waals surface area contributed by atoms with Crippen molar-refractivity contribution in [1.29, 1.82) is 0 Å². The van der Waals surface area contributed by atoms with Crippen molar-refractivity contribution in [2.45, 2.75) is 6.42 Å². The maximum absolute atomic E-state index is 11.5. The van der Waals surface area contributed by atoms with Gasteiger partial charge in [0.25, 0.3) is 0 Å². The van der Waals surface area contributed by atoms with Crippen molar-refractivity contribution in [1.82, 2.24) is 10.3 Å². The van der Waals surface area contributed by atoms with E-state index >= 15 is 0 Å². The molecule has 1 amide bonds. The van der Waals surface area contributed by atoms with Gasteiger partial charge < -0.3 is 15.3 Å². The molecule has 0 spiro atoms. The minimum atomic E-state index is -0.0994. The van der Waals surface area contributed by atoms with Crippen LogP contribution in [0.2, 0.25) is 5.02 Å². The smallest absolute Gasteiger partial charge is 0.239 e. The molecule has 0 atom stereocenters. The van der Waals surface area contributed by atoms with E-state index in [0.717, 1.165) is 0 Å². The van der Waals surface area contributed by atoms with Crippen LogP contribution in [0, 0.1) is 0 Å². The van der Waals surface area contributed by atoms with Crippen LogP contribution in [-0.4, -0.2) is 42.7 Å². The third-order valence-corrected chi connectivity index (χ3v) is 2.36. The fourth-order valence-corrected chi connectivity index (χ4v) is 1.36. The number of carbonyl (C=O) groups excluding carboxylic acids is 1. The molecule has 0 fully saturated rings. The summed E-state index contributed by atoms with van der Waals surface area (Å²) in [5.41, 5.74) is 0. The molecule has 1 rings (SSSR count). The Hall–Kier alpha value is -1.33. The van der Waals surface area contributed by atoms with Gasteiger partial charge in [-0.1, -0.05) is 11.6 Å². The zero-order chi connectivity index (χ0) is 12.7. The first-order chi connectivity index (χ1) is 8.13. The maximum Gasteiger partial charge on any atom is 0.239 e. The van der Waals surface area contributed by atoms with Gasteiger partial charge in [0.2, 0.25) is 5.91 Å². The molecule has 0 radical (unpaired) electrons. The number of hydrogen-bond acceptors (Lipinski definition) is 4. The molecule has 0 aliphatic rings. The molecule has 0 aromatic carbocycles. The third kappa shape index (κ3) is 5.01. The Balaban J connectivity index is 2.40. The van der Waals surface area contributed by atoms with Crippen molar-refractivity contribution in [3.05, 3.63) is 23.4 Å². The number of rotatable bonds is 6. The van der Waals surface area contributed by atoms with E-state index < -0.39 is 0 Å². The van der Waals surface area contributed by atoms with Crippen molar-refractivity contribution in [3.63, 3.8) is 0 Å². The van der Waals surface area contributed by atoms with E-state index in [2.05, 4.69) is 10.3 Å². The molecule has 0 unspecified atom stereocenters. The van der Waals surface area contributed by atoms with E-state index in [1.165, 1.54) is 6.20 Å². The number of halogens is 1. The van der Waals surface area contributed by atoms with Crippen LogP contribution >= 0.6 is 11.6 Å². The van der Waals surface area contributed by atoms with Gasteiger partial charge in [-0.25, -0.2) is 4.98 Å². The van der Waals surface area contributed by atoms with Crippen molar-refractivity contribution in [3.8, 4) is 0 Å². The lowest BCUT2D eigenvalue weighted by atomic mass is 10.4. The number of aliphatic hydroxyl groups is 1. The summed E-state index contributed by atoms with van der Waals surface area (Å²) in [5, 5.41) is 11.8. The maximum atomic E-state index is 11.5. The van der Waals surface area contributed by atoms with Gasteiger partial charge in [0.15, 0.2) is 0 Å². The van der Waals surface area contributed by atoms with Gasteiger partial charge in [-0.15, -0.1) is 0 Å². The van der Waals surface area contributed by atoms with E-state index in [9.17, 15) is 4.79 Å². The Labute approximate surface area is 105 Å². The second-order valence-electron chi connectivity index (χ2n) is 3.62. The summed E-state index contributed by atoms with van der Waals surface area (Å²) in [7, 11) is 1.78. The first-order valence-electron chi connectivity index (χ1n) is 5.33. The lowest BCUT2D eigenvalue weighted by Crippen LogP contribution is -2.36. The van der Waals surface area contributed by atoms with Crippen LogP contribution in [0.15, 0.2) is 18.3 Å². The monoisotopic (exact) mass is 257 g/mol. The third-order valence-electron chi connectivity index (χ3n) is 2.14. The number of pyridine rings is 1. The van der Waals surface area contributed by atoms with Gasteiger partial charge in [-0.2, -0.15) is 0 Å². The van der Waals surface area contributed by atoms with Crippen molar-refractivity contribution >= 4 is 23.3 Å². The van der Waals surface area contributed by atoms with Crippen LogP contribution in [0.4, 0.5) is 5.82 Å². The van der Waals surface area contributed by atoms with Crippen molar-refractivity contribution < 1.29 is 9.90 Å². The highest BCUT2D eigenvalue weighted by molar-refractivity contribution is 6.30. The Morgan fingerprint density at radius 2 is 2.35 bits per heavy atom. The lowest BCUT2D eigenvalue weighted by Gasteiger charge is -2.17. The van der Waals surface area contributed by atoms with E-state index in [0.29, 0.717) is 23.8 Å². The molecule has 0 saturated carbocycles. The van der Waals surface area contributed by atoms with Crippen LogP contribution < -0.4 is 10.2 Å². The first kappa shape index (κ1) is 13.7. The second kappa shape index (κ2) is 7.09. The van der Waals surface area contributed by atoms with Crippen LogP contribution in [0.1, 0.15) is 6.42 Å². The predicted molar refractivity (Wildman–Crippen MR) is 67.2 cm³/mol. The van der Waals surface area contributed by atoms with Crippen LogP contribution in [0.5, 0.6) is 0 Å². The number of anilines is 1. The van der Waals surface area contributed by atoms with Gasteiger partial charge >= 0.3 is 0 Å². The normalized spacial score (nSPS) is 10.1. The molecule has 6 heteroatoms. The molecule has 17 heavy (non-hydrogen) atoms. The summed E-state index contributed by atoms with van der Waals surface area (Å²) < 4.78 is 0. The average Bonchev–Trinajstić information content (AvgIpc) is 2.30. The minimum Gasteiger partial charge on any atom is -0.396 e. The number of amides is 1. The van der Waals surface area contributed by atoms with E-state index in [-0.39, 0.29) is 19.1 Å². The minimum absolute atomic E-state index is 0.0782. The number of aliphatic hydroxyl groups excluding tert-OH is 1. The number of likely N-dealkylation sites (N-methyl/N-ethyl adjacent to an activating group) is 1. The molecule has 5 nitrogen and oxygen atoms in total. The summed E-state index contributed by atoms with van der Waals surface area (Å²) in [4.78, 5) is 17.3. The highest BCUT2D eigenvalue weighted by atomic mass is 35.5. The van der Waals surface area contributed by atoms with Gasteiger partial charge in [-0.3, -0.25) is 4.79 Å². The number of hydrogen-bond donors (Lipinski definition) is 2. The molecule has 1 heterocycles. The SMILES string of the molecule is CN(CC(=O)NCCCO)c1ccc(Cl)cn1. The van der Waals surface area contributed by atoms with Crippen molar-refractivity contribution in [2.24, 2.45) is 0 Å². The van der Waals surface area contributed by atoms with E-state index in [1.54, 1.807) is 24.1 Å². The quantitative estimate of drug-likeness (QED) is 0.736. The lowest BCUT2D eigenvalue weighted by molar-refractivity contribution is -0.119. The van der Waals surface area contributed by atoms with Gasteiger partial charge in [0.05, 0.1) is 11.6 Å². The standard InChI is InChI=1S/C11H16ClN3O2/c1-15(8-11(17)13-5-2-6-16)10-4-3-9(12)7-14-10/h3-4,7,16H,2,5-6,8H2,1H3,(H,13,17). The predicted octanol–water partition coefficient (Wildman–Crippen LogP) is 0.670. The molecule has 1 aromatic rings. The van der Waals surface area contributed by atoms with Gasteiger partial charge in [0.1, 0.15) is 5.82 Å². The van der Waals surface area contributed by atoms with Crippen LogP contribution in [0.25, 0.3) is 0 Å². The van der Waals surface area contributed by atoms with Crippen LogP contribution in [0.3, 0.4) is 0 Å². The second-order valence-corrected chi connectivity index (χ2v) is 4.05. The zero-order valence-electron chi connectivity index (χ0n) is 9.69. The molecule has 0 aliphatic heterocycles. The van der Waals surface area contributed by atoms with Gasteiger partial charge in [0, 0.05) is 26.4 Å². The Morgan fingerprint density at radius 3 is 2.94 bits per heavy atom. The Bertz CT molecular complexity index is 356. The highest BCUT2D eigenvalue weighted by Crippen LogP contribution is 2.12. The molecular weight excluding hydrogens is 242 g/mol. The molecule has 94 valence electrons. The topological polar surface area (TPSA) is 65.5 Å². The Morgan fingerprint density at radius 1 is 1.59 bits per heavy atom. The van der Waals surface area contributed by atoms with Crippen LogP contribution in [-0.2, 0) is 4.79 Å².